The highest BCUT2D eigenvalue weighted by Gasteiger charge is 2.27. The van der Waals surface area contributed by atoms with Crippen molar-refractivity contribution in [1.82, 2.24) is 5.32 Å². The lowest BCUT2D eigenvalue weighted by molar-refractivity contribution is -0.145. The summed E-state index contributed by atoms with van der Waals surface area (Å²) in [7, 11) is 0. The molecule has 0 bridgehead atoms. The summed E-state index contributed by atoms with van der Waals surface area (Å²) in [6.07, 6.45) is -0.371. The van der Waals surface area contributed by atoms with Crippen LogP contribution in [0.1, 0.15) is 32.3 Å². The number of hydrogen-bond acceptors (Lipinski definition) is 4. The maximum absolute atomic E-state index is 12.5. The van der Waals surface area contributed by atoms with Gasteiger partial charge in [0.15, 0.2) is 0 Å². The van der Waals surface area contributed by atoms with E-state index in [-0.39, 0.29) is 18.9 Å². The van der Waals surface area contributed by atoms with Crippen LogP contribution in [0.4, 0.5) is 0 Å². The van der Waals surface area contributed by atoms with E-state index in [0.29, 0.717) is 12.6 Å². The van der Waals surface area contributed by atoms with Crippen molar-refractivity contribution in [1.29, 1.82) is 0 Å². The van der Waals surface area contributed by atoms with E-state index in [1.165, 1.54) is 0 Å². The Bertz CT molecular complexity index is 669. The molecule has 0 heterocycles. The fraction of sp³-hybridized carbons (Fsp3) is 0.444. The quantitative estimate of drug-likeness (QED) is 0.348. The van der Waals surface area contributed by atoms with E-state index in [0.717, 1.165) is 5.56 Å². The van der Waals surface area contributed by atoms with Gasteiger partial charge in [0.05, 0.1) is 6.10 Å². The number of carboxylic acids is 1. The molecule has 0 aromatic heterocycles. The van der Waals surface area contributed by atoms with E-state index in [9.17, 15) is 19.5 Å². The molecule has 0 aliphatic rings. The highest BCUT2D eigenvalue weighted by Crippen LogP contribution is 2.10. The van der Waals surface area contributed by atoms with Gasteiger partial charge in [-0.15, -0.1) is 0 Å². The van der Waals surface area contributed by atoms with Gasteiger partial charge in [0.1, 0.15) is 12.1 Å². The van der Waals surface area contributed by atoms with E-state index in [1.54, 1.807) is 13.8 Å². The minimum absolute atomic E-state index is 0.119. The minimum Gasteiger partial charge on any atom is -0.480 e. The molecule has 140 valence electrons. The van der Waals surface area contributed by atoms with Crippen LogP contribution in [-0.4, -0.2) is 52.0 Å². The number of Topliss-reactive ketones (excluding diaryl/α,β-unsaturated/α-hetero) is 1. The number of carbonyl (C=O) groups is 3. The lowest BCUT2D eigenvalue weighted by Crippen LogP contribution is -2.47. The molecule has 2 atom stereocenters. The average Bonchev–Trinajstić information content (AvgIpc) is 2.58. The average molecular weight is 361 g/mol. The molecule has 0 saturated carbocycles. The Hall–Kier alpha value is -2.83. The van der Waals surface area contributed by atoms with E-state index in [1.807, 2.05) is 30.3 Å². The monoisotopic (exact) mass is 361 g/mol. The molecule has 0 fully saturated rings. The van der Waals surface area contributed by atoms with Crippen molar-refractivity contribution >= 4 is 23.9 Å². The fourth-order valence-corrected chi connectivity index (χ4v) is 2.30. The lowest BCUT2D eigenvalue weighted by Gasteiger charge is -2.22. The molecular formula is C18H23N3O5. The van der Waals surface area contributed by atoms with Gasteiger partial charge in [0.2, 0.25) is 11.7 Å². The summed E-state index contributed by atoms with van der Waals surface area (Å²) < 4.78 is 5.63. The normalized spacial score (nSPS) is 12.7. The number of aliphatic carboxylic acids is 1. The number of ketones is 1. The number of amides is 1. The number of benzene rings is 1. The number of rotatable bonds is 11. The Labute approximate surface area is 151 Å². The van der Waals surface area contributed by atoms with Crippen LogP contribution >= 0.6 is 0 Å². The molecule has 0 aliphatic heterocycles. The van der Waals surface area contributed by atoms with Crippen molar-refractivity contribution in [3.05, 3.63) is 41.4 Å². The van der Waals surface area contributed by atoms with Gasteiger partial charge in [-0.2, -0.15) is 4.79 Å². The topological polar surface area (TPSA) is 129 Å². The predicted octanol–water partition coefficient (Wildman–Crippen LogP) is 1.24. The van der Waals surface area contributed by atoms with Crippen LogP contribution in [0.5, 0.6) is 0 Å². The molecule has 8 nitrogen and oxygen atoms in total. The number of carbonyl (C=O) groups excluding carboxylic acids is 2. The maximum Gasteiger partial charge on any atom is 0.326 e. The molecule has 1 aromatic carbocycles. The lowest BCUT2D eigenvalue weighted by atomic mass is 10.1. The zero-order valence-electron chi connectivity index (χ0n) is 14.8. The Balaban J connectivity index is 2.78. The molecule has 1 rings (SSSR count). The Morgan fingerprint density at radius 1 is 1.27 bits per heavy atom. The molecule has 0 spiro atoms. The predicted molar refractivity (Wildman–Crippen MR) is 93.6 cm³/mol. The third-order valence-electron chi connectivity index (χ3n) is 3.49. The first-order valence-corrected chi connectivity index (χ1v) is 8.26. The SMILES string of the molecule is CC(C)OC(Cc1ccccc1)C(=O)NC(CCC(=O)C=[N+]=[N-])C(=O)O. The van der Waals surface area contributed by atoms with E-state index >= 15 is 0 Å². The van der Waals surface area contributed by atoms with Crippen molar-refractivity contribution in [3.63, 3.8) is 0 Å². The van der Waals surface area contributed by atoms with Gasteiger partial charge in [0.25, 0.3) is 0 Å². The first-order chi connectivity index (χ1) is 12.3. The molecule has 26 heavy (non-hydrogen) atoms. The first kappa shape index (κ1) is 21.2. The number of carboxylic acid groups (broad SMARTS) is 1. The standard InChI is InChI=1S/C18H23N3O5/c1-12(2)26-16(10-13-6-4-3-5-7-13)17(23)21-15(18(24)25)9-8-14(22)11-20-19/h3-7,11-12,15-16H,8-10H2,1-2H3,(H,21,23)(H,24,25). The van der Waals surface area contributed by atoms with Crippen LogP contribution in [0.3, 0.4) is 0 Å². The minimum atomic E-state index is -1.25. The Morgan fingerprint density at radius 3 is 2.46 bits per heavy atom. The second-order valence-electron chi connectivity index (χ2n) is 6.01. The number of hydrogen-bond donors (Lipinski definition) is 2. The summed E-state index contributed by atoms with van der Waals surface area (Å²) in [5.41, 5.74) is 9.18. The molecule has 1 aromatic rings. The van der Waals surface area contributed by atoms with Gasteiger partial charge in [-0.1, -0.05) is 30.3 Å². The molecule has 0 saturated heterocycles. The van der Waals surface area contributed by atoms with Crippen molar-refractivity contribution < 1.29 is 29.0 Å². The van der Waals surface area contributed by atoms with Crippen LogP contribution in [0.25, 0.3) is 5.53 Å². The highest BCUT2D eigenvalue weighted by molar-refractivity contribution is 6.25. The smallest absolute Gasteiger partial charge is 0.326 e. The van der Waals surface area contributed by atoms with Gasteiger partial charge in [0, 0.05) is 12.8 Å². The molecule has 0 aliphatic carbocycles. The second-order valence-corrected chi connectivity index (χ2v) is 6.01. The zero-order chi connectivity index (χ0) is 19.5. The van der Waals surface area contributed by atoms with Crippen LogP contribution in [-0.2, 0) is 25.5 Å². The zero-order valence-corrected chi connectivity index (χ0v) is 14.8. The maximum atomic E-state index is 12.5. The molecule has 1 amide bonds. The first-order valence-electron chi connectivity index (χ1n) is 8.26. The Kier molecular flexibility index (Phi) is 8.91. The van der Waals surface area contributed by atoms with Gasteiger partial charge < -0.3 is 20.7 Å². The number of nitrogens with zero attached hydrogens (tertiary/aromatic N) is 2. The van der Waals surface area contributed by atoms with Crippen molar-refractivity contribution in [2.75, 3.05) is 0 Å². The molecule has 2 unspecified atom stereocenters. The highest BCUT2D eigenvalue weighted by atomic mass is 16.5. The van der Waals surface area contributed by atoms with Gasteiger partial charge >= 0.3 is 12.2 Å². The third kappa shape index (κ3) is 7.83. The Morgan fingerprint density at radius 2 is 1.92 bits per heavy atom. The van der Waals surface area contributed by atoms with Crippen LogP contribution in [0.2, 0.25) is 0 Å². The van der Waals surface area contributed by atoms with Crippen LogP contribution in [0.15, 0.2) is 30.3 Å². The summed E-state index contributed by atoms with van der Waals surface area (Å²) in [4.78, 5) is 37.8. The van der Waals surface area contributed by atoms with Gasteiger partial charge in [-0.3, -0.25) is 9.59 Å². The largest absolute Gasteiger partial charge is 0.480 e. The van der Waals surface area contributed by atoms with Crippen LogP contribution in [0, 0.1) is 0 Å². The molecular weight excluding hydrogens is 338 g/mol. The van der Waals surface area contributed by atoms with E-state index in [4.69, 9.17) is 10.3 Å². The summed E-state index contributed by atoms with van der Waals surface area (Å²) in [5.74, 6) is -2.35. The van der Waals surface area contributed by atoms with E-state index < -0.39 is 29.8 Å². The fourth-order valence-electron chi connectivity index (χ4n) is 2.30. The molecule has 2 N–H and O–H groups in total. The second kappa shape index (κ2) is 10.9. The van der Waals surface area contributed by atoms with Gasteiger partial charge in [-0.05, 0) is 25.8 Å². The van der Waals surface area contributed by atoms with Crippen molar-refractivity contribution in [3.8, 4) is 0 Å². The van der Waals surface area contributed by atoms with E-state index in [2.05, 4.69) is 10.1 Å². The van der Waals surface area contributed by atoms with Crippen LogP contribution < -0.4 is 5.32 Å². The molecule has 0 radical (unpaired) electrons. The van der Waals surface area contributed by atoms with Crippen molar-refractivity contribution in [2.24, 2.45) is 0 Å². The summed E-state index contributed by atoms with van der Waals surface area (Å²) in [6.45, 7) is 3.57. The van der Waals surface area contributed by atoms with Gasteiger partial charge in [-0.25, -0.2) is 4.79 Å². The molecule has 8 heteroatoms. The summed E-state index contributed by atoms with van der Waals surface area (Å²) in [5, 5.41) is 11.7. The summed E-state index contributed by atoms with van der Waals surface area (Å²) in [6, 6.07) is 8.00. The number of ether oxygens (including phenoxy) is 1. The third-order valence-corrected chi connectivity index (χ3v) is 3.49. The summed E-state index contributed by atoms with van der Waals surface area (Å²) >= 11 is 0. The number of nitrogens with one attached hydrogen (secondary N) is 1. The van der Waals surface area contributed by atoms with Crippen molar-refractivity contribution in [2.45, 2.75) is 51.4 Å².